The van der Waals surface area contributed by atoms with Crippen molar-refractivity contribution in [3.05, 3.63) is 5.92 Å². The minimum Gasteiger partial charge on any atom is -0.0654 e. The van der Waals surface area contributed by atoms with Gasteiger partial charge in [-0.3, -0.25) is 0 Å². The van der Waals surface area contributed by atoms with Crippen LogP contribution in [0.3, 0.4) is 0 Å². The van der Waals surface area contributed by atoms with Crippen LogP contribution in [0.1, 0.15) is 92.9 Å². The van der Waals surface area contributed by atoms with Gasteiger partial charge >= 0.3 is 0 Å². The SMILES string of the molecule is CCCCCC[C](C)CCC(C)CC(C)(C)C. The Balaban J connectivity index is 3.52. The first-order valence-corrected chi connectivity index (χ1v) is 7.66. The van der Waals surface area contributed by atoms with Gasteiger partial charge in [-0.1, -0.05) is 73.6 Å². The van der Waals surface area contributed by atoms with Crippen LogP contribution < -0.4 is 0 Å². The number of rotatable bonds is 9. The van der Waals surface area contributed by atoms with Gasteiger partial charge in [0.2, 0.25) is 0 Å². The molecule has 0 aromatic carbocycles. The van der Waals surface area contributed by atoms with Gasteiger partial charge in [-0.25, -0.2) is 0 Å². The maximum atomic E-state index is 2.41. The summed E-state index contributed by atoms with van der Waals surface area (Å²) in [6.45, 7) is 14.1. The zero-order chi connectivity index (χ0) is 13.3. The van der Waals surface area contributed by atoms with Crippen molar-refractivity contribution >= 4 is 0 Å². The second-order valence-electron chi connectivity index (χ2n) is 7.18. The van der Waals surface area contributed by atoms with E-state index in [9.17, 15) is 0 Å². The van der Waals surface area contributed by atoms with Crippen molar-refractivity contribution < 1.29 is 0 Å². The van der Waals surface area contributed by atoms with Gasteiger partial charge in [0.05, 0.1) is 0 Å². The van der Waals surface area contributed by atoms with Crippen LogP contribution in [0, 0.1) is 17.3 Å². The largest absolute Gasteiger partial charge is 0.0654 e. The van der Waals surface area contributed by atoms with E-state index in [0.29, 0.717) is 5.41 Å². The van der Waals surface area contributed by atoms with Crippen LogP contribution >= 0.6 is 0 Å². The molecule has 0 saturated heterocycles. The van der Waals surface area contributed by atoms with Gasteiger partial charge in [0.15, 0.2) is 0 Å². The second-order valence-corrected chi connectivity index (χ2v) is 7.18. The summed E-state index contributed by atoms with van der Waals surface area (Å²) in [5, 5.41) is 0. The molecule has 0 aromatic rings. The lowest BCUT2D eigenvalue weighted by Gasteiger charge is -2.24. The maximum absolute atomic E-state index is 2.41. The highest BCUT2D eigenvalue weighted by Crippen LogP contribution is 2.29. The summed E-state index contributed by atoms with van der Waals surface area (Å²) in [6, 6.07) is 0. The predicted molar refractivity (Wildman–Crippen MR) is 80.1 cm³/mol. The molecule has 103 valence electrons. The molecule has 0 spiro atoms. The fraction of sp³-hybridized carbons (Fsp3) is 0.941. The molecule has 0 aliphatic carbocycles. The van der Waals surface area contributed by atoms with Crippen molar-refractivity contribution in [1.29, 1.82) is 0 Å². The van der Waals surface area contributed by atoms with E-state index >= 15 is 0 Å². The lowest BCUT2D eigenvalue weighted by Crippen LogP contribution is -2.11. The van der Waals surface area contributed by atoms with E-state index in [0.717, 1.165) is 5.92 Å². The molecule has 0 amide bonds. The van der Waals surface area contributed by atoms with E-state index in [4.69, 9.17) is 0 Å². The summed E-state index contributed by atoms with van der Waals surface area (Å²) in [4.78, 5) is 0. The molecule has 17 heavy (non-hydrogen) atoms. The zero-order valence-corrected chi connectivity index (χ0v) is 13.2. The molecule has 0 heteroatoms. The molecule has 1 unspecified atom stereocenters. The van der Waals surface area contributed by atoms with Gasteiger partial charge in [0.25, 0.3) is 0 Å². The average molecular weight is 239 g/mol. The molecule has 0 aromatic heterocycles. The first kappa shape index (κ1) is 17.0. The van der Waals surface area contributed by atoms with Gasteiger partial charge < -0.3 is 0 Å². The molecule has 0 nitrogen and oxygen atoms in total. The third kappa shape index (κ3) is 12.2. The Morgan fingerprint density at radius 2 is 1.65 bits per heavy atom. The van der Waals surface area contributed by atoms with E-state index in [1.807, 2.05) is 0 Å². The highest BCUT2D eigenvalue weighted by molar-refractivity contribution is 4.84. The van der Waals surface area contributed by atoms with E-state index in [-0.39, 0.29) is 0 Å². The lowest BCUT2D eigenvalue weighted by molar-refractivity contribution is 0.294. The van der Waals surface area contributed by atoms with Crippen LogP contribution in [-0.4, -0.2) is 0 Å². The van der Waals surface area contributed by atoms with Crippen LogP contribution in [0.2, 0.25) is 0 Å². The summed E-state index contributed by atoms with van der Waals surface area (Å²) in [7, 11) is 0. The van der Waals surface area contributed by atoms with Crippen molar-refractivity contribution in [2.24, 2.45) is 11.3 Å². The smallest absolute Gasteiger partial charge is 0.0272 e. The standard InChI is InChI=1S/C17H35/c1-7-8-9-10-11-15(2)12-13-16(3)14-17(4,5)6/h16H,7-14H2,1-6H3. The minimum atomic E-state index is 0.494. The molecule has 0 aliphatic rings. The van der Waals surface area contributed by atoms with Crippen molar-refractivity contribution in [1.82, 2.24) is 0 Å². The zero-order valence-electron chi connectivity index (χ0n) is 13.2. The van der Waals surface area contributed by atoms with Crippen molar-refractivity contribution in [2.45, 2.75) is 92.9 Å². The Hall–Kier alpha value is 0. The maximum Gasteiger partial charge on any atom is -0.0272 e. The molecule has 0 saturated carbocycles. The molecule has 0 bridgehead atoms. The van der Waals surface area contributed by atoms with E-state index < -0.39 is 0 Å². The van der Waals surface area contributed by atoms with Crippen molar-refractivity contribution in [2.75, 3.05) is 0 Å². The normalized spacial score (nSPS) is 14.3. The first-order chi connectivity index (χ1) is 7.85. The molecule has 1 radical (unpaired) electrons. The Morgan fingerprint density at radius 1 is 1.00 bits per heavy atom. The lowest BCUT2D eigenvalue weighted by atomic mass is 9.82. The van der Waals surface area contributed by atoms with Crippen molar-refractivity contribution in [3.8, 4) is 0 Å². The third-order valence-electron chi connectivity index (χ3n) is 3.48. The number of hydrogen-bond donors (Lipinski definition) is 0. The average Bonchev–Trinajstić information content (AvgIpc) is 2.19. The summed E-state index contributed by atoms with van der Waals surface area (Å²) >= 11 is 0. The van der Waals surface area contributed by atoms with Crippen LogP contribution in [0.4, 0.5) is 0 Å². The fourth-order valence-electron chi connectivity index (χ4n) is 2.62. The van der Waals surface area contributed by atoms with Gasteiger partial charge in [-0.05, 0) is 36.5 Å². The van der Waals surface area contributed by atoms with E-state index in [1.54, 1.807) is 5.92 Å². The fourth-order valence-corrected chi connectivity index (χ4v) is 2.62. The molecule has 0 fully saturated rings. The van der Waals surface area contributed by atoms with Gasteiger partial charge in [0.1, 0.15) is 0 Å². The molecule has 0 heterocycles. The molecule has 0 N–H and O–H groups in total. The Bertz CT molecular complexity index is 163. The first-order valence-electron chi connectivity index (χ1n) is 7.66. The summed E-state index contributed by atoms with van der Waals surface area (Å²) in [5.74, 6) is 2.60. The summed E-state index contributed by atoms with van der Waals surface area (Å²) < 4.78 is 0. The third-order valence-corrected chi connectivity index (χ3v) is 3.48. The van der Waals surface area contributed by atoms with E-state index in [2.05, 4.69) is 41.5 Å². The number of unbranched alkanes of at least 4 members (excludes halogenated alkanes) is 3. The molecular weight excluding hydrogens is 204 g/mol. The molecular formula is C17H35. The molecule has 0 aliphatic heterocycles. The molecule has 1 atom stereocenters. The van der Waals surface area contributed by atoms with Crippen LogP contribution in [0.5, 0.6) is 0 Å². The molecule has 0 rings (SSSR count). The van der Waals surface area contributed by atoms with Gasteiger partial charge in [-0.2, -0.15) is 0 Å². The minimum absolute atomic E-state index is 0.494. The Morgan fingerprint density at radius 3 is 2.18 bits per heavy atom. The van der Waals surface area contributed by atoms with Crippen molar-refractivity contribution in [3.63, 3.8) is 0 Å². The van der Waals surface area contributed by atoms with Gasteiger partial charge in [0, 0.05) is 0 Å². The van der Waals surface area contributed by atoms with Crippen LogP contribution in [0.15, 0.2) is 0 Å². The highest BCUT2D eigenvalue weighted by Gasteiger charge is 2.15. The van der Waals surface area contributed by atoms with Crippen LogP contribution in [-0.2, 0) is 0 Å². The topological polar surface area (TPSA) is 0 Å². The second kappa shape index (κ2) is 9.00. The summed E-state index contributed by atoms with van der Waals surface area (Å²) in [6.07, 6.45) is 11.0. The van der Waals surface area contributed by atoms with Gasteiger partial charge in [-0.15, -0.1) is 0 Å². The number of hydrogen-bond acceptors (Lipinski definition) is 0. The Kier molecular flexibility index (Phi) is 9.00. The monoisotopic (exact) mass is 239 g/mol. The quantitative estimate of drug-likeness (QED) is 0.408. The van der Waals surface area contributed by atoms with Crippen LogP contribution in [0.25, 0.3) is 0 Å². The van der Waals surface area contributed by atoms with E-state index in [1.165, 1.54) is 51.4 Å². The summed E-state index contributed by atoms with van der Waals surface area (Å²) in [5.41, 5.74) is 0.494. The highest BCUT2D eigenvalue weighted by atomic mass is 14.2. The Labute approximate surface area is 111 Å². The predicted octanol–water partition coefficient (Wildman–Crippen LogP) is 6.40.